The lowest BCUT2D eigenvalue weighted by atomic mass is 10.0. The number of hydrazine groups is 1. The van der Waals surface area contributed by atoms with Gasteiger partial charge >= 0.3 is 0 Å². The topological polar surface area (TPSA) is 60.2 Å². The van der Waals surface area contributed by atoms with Crippen LogP contribution in [0.25, 0.3) is 0 Å². The predicted molar refractivity (Wildman–Crippen MR) is 78.7 cm³/mol. The minimum absolute atomic E-state index is 0.0922. The molecule has 2 rings (SSSR count). The molecule has 0 aliphatic heterocycles. The molecule has 0 saturated carbocycles. The van der Waals surface area contributed by atoms with Crippen LogP contribution < -0.4 is 16.0 Å². The average Bonchev–Trinajstić information content (AvgIpc) is 2.45. The molecule has 0 aliphatic rings. The number of benzene rings is 1. The average molecular weight is 322 g/mol. The Bertz CT molecular complexity index is 548. The van der Waals surface area contributed by atoms with E-state index in [0.717, 1.165) is 22.3 Å². The molecule has 0 spiro atoms. The number of halogens is 1. The van der Waals surface area contributed by atoms with Crippen molar-refractivity contribution in [2.75, 3.05) is 7.11 Å². The number of nitrogens with zero attached hydrogens (tertiary/aromatic N) is 1. The van der Waals surface area contributed by atoms with E-state index in [4.69, 9.17) is 10.6 Å². The fraction of sp³-hybridized carbons (Fsp3) is 0.214. The van der Waals surface area contributed by atoms with E-state index in [1.807, 2.05) is 24.3 Å². The van der Waals surface area contributed by atoms with E-state index in [1.54, 1.807) is 13.3 Å². The molecule has 0 amide bonds. The second-order valence-electron chi connectivity index (χ2n) is 4.14. The Kier molecular flexibility index (Phi) is 4.90. The zero-order valence-electron chi connectivity index (χ0n) is 10.6. The maximum atomic E-state index is 5.66. The lowest BCUT2D eigenvalue weighted by Gasteiger charge is -2.18. The van der Waals surface area contributed by atoms with E-state index < -0.39 is 0 Å². The molecule has 0 radical (unpaired) electrons. The summed E-state index contributed by atoms with van der Waals surface area (Å²) in [5.41, 5.74) is 4.79. The number of aromatic nitrogens is 1. The van der Waals surface area contributed by atoms with Gasteiger partial charge in [0.1, 0.15) is 11.4 Å². The van der Waals surface area contributed by atoms with Gasteiger partial charge in [0.25, 0.3) is 0 Å². The van der Waals surface area contributed by atoms with Crippen LogP contribution in [0.5, 0.6) is 5.75 Å². The molecule has 2 aromatic rings. The van der Waals surface area contributed by atoms with Crippen molar-refractivity contribution in [1.29, 1.82) is 0 Å². The van der Waals surface area contributed by atoms with Gasteiger partial charge in [0.15, 0.2) is 0 Å². The van der Waals surface area contributed by atoms with Crippen LogP contribution in [0.15, 0.2) is 47.1 Å². The summed E-state index contributed by atoms with van der Waals surface area (Å²) < 4.78 is 6.37. The molecule has 0 bridgehead atoms. The molecule has 1 aromatic heterocycles. The molecular weight excluding hydrogens is 306 g/mol. The van der Waals surface area contributed by atoms with Gasteiger partial charge in [0, 0.05) is 10.7 Å². The number of hydrogen-bond acceptors (Lipinski definition) is 4. The largest absolute Gasteiger partial charge is 0.495 e. The highest BCUT2D eigenvalue weighted by atomic mass is 79.9. The Morgan fingerprint density at radius 1 is 1.37 bits per heavy atom. The quantitative estimate of drug-likeness (QED) is 0.656. The van der Waals surface area contributed by atoms with Gasteiger partial charge < -0.3 is 4.74 Å². The van der Waals surface area contributed by atoms with Crippen LogP contribution in [0.4, 0.5) is 0 Å². The Labute approximate surface area is 121 Å². The smallest absolute Gasteiger partial charge is 0.142 e. The Morgan fingerprint density at radius 2 is 2.21 bits per heavy atom. The van der Waals surface area contributed by atoms with Gasteiger partial charge in [-0.05, 0) is 36.2 Å². The fourth-order valence-electron chi connectivity index (χ4n) is 1.97. The van der Waals surface area contributed by atoms with Crippen molar-refractivity contribution in [3.63, 3.8) is 0 Å². The fourth-order valence-corrected chi connectivity index (χ4v) is 2.42. The number of pyridine rings is 1. The number of nitrogens with one attached hydrogen (secondary N) is 1. The van der Waals surface area contributed by atoms with Crippen LogP contribution in [0.1, 0.15) is 17.3 Å². The van der Waals surface area contributed by atoms with Crippen LogP contribution in [0, 0.1) is 0 Å². The molecule has 3 N–H and O–H groups in total. The first-order valence-electron chi connectivity index (χ1n) is 5.94. The van der Waals surface area contributed by atoms with E-state index in [0.29, 0.717) is 0 Å². The summed E-state index contributed by atoms with van der Waals surface area (Å²) in [4.78, 5) is 4.36. The van der Waals surface area contributed by atoms with Gasteiger partial charge in [-0.1, -0.05) is 28.1 Å². The third-order valence-corrected chi connectivity index (χ3v) is 3.37. The first-order valence-corrected chi connectivity index (χ1v) is 6.73. The van der Waals surface area contributed by atoms with E-state index in [9.17, 15) is 0 Å². The van der Waals surface area contributed by atoms with E-state index in [2.05, 4.69) is 38.5 Å². The summed E-state index contributed by atoms with van der Waals surface area (Å²) in [6.07, 6.45) is 2.48. The molecule has 5 heteroatoms. The van der Waals surface area contributed by atoms with E-state index in [-0.39, 0.29) is 6.04 Å². The molecule has 19 heavy (non-hydrogen) atoms. The van der Waals surface area contributed by atoms with Gasteiger partial charge in [-0.2, -0.15) is 0 Å². The number of hydrogen-bond donors (Lipinski definition) is 2. The van der Waals surface area contributed by atoms with Gasteiger partial charge in [-0.25, -0.2) is 0 Å². The van der Waals surface area contributed by atoms with Gasteiger partial charge in [-0.15, -0.1) is 0 Å². The van der Waals surface area contributed by atoms with Crippen molar-refractivity contribution in [2.45, 2.75) is 12.5 Å². The molecule has 0 saturated heterocycles. The van der Waals surface area contributed by atoms with Gasteiger partial charge in [0.05, 0.1) is 13.2 Å². The third-order valence-electron chi connectivity index (χ3n) is 2.88. The zero-order chi connectivity index (χ0) is 13.7. The number of ether oxygens (including phenoxy) is 1. The third kappa shape index (κ3) is 3.53. The summed E-state index contributed by atoms with van der Waals surface area (Å²) >= 11 is 3.47. The highest BCUT2D eigenvalue weighted by Gasteiger charge is 2.16. The lowest BCUT2D eigenvalue weighted by Crippen LogP contribution is -2.30. The summed E-state index contributed by atoms with van der Waals surface area (Å²) in [6, 6.07) is 11.8. The van der Waals surface area contributed by atoms with Crippen molar-refractivity contribution in [3.05, 3.63) is 58.3 Å². The van der Waals surface area contributed by atoms with Crippen LogP contribution >= 0.6 is 15.9 Å². The maximum Gasteiger partial charge on any atom is 0.142 e. The normalized spacial score (nSPS) is 12.2. The molecule has 0 fully saturated rings. The van der Waals surface area contributed by atoms with Crippen molar-refractivity contribution >= 4 is 15.9 Å². The molecule has 0 aliphatic carbocycles. The summed E-state index contributed by atoms with van der Waals surface area (Å²) in [5, 5.41) is 0. The van der Waals surface area contributed by atoms with E-state index in [1.165, 1.54) is 5.56 Å². The van der Waals surface area contributed by atoms with Crippen molar-refractivity contribution in [1.82, 2.24) is 10.4 Å². The zero-order valence-corrected chi connectivity index (χ0v) is 12.2. The van der Waals surface area contributed by atoms with Gasteiger partial charge in [0.2, 0.25) is 0 Å². The van der Waals surface area contributed by atoms with Gasteiger partial charge in [-0.3, -0.25) is 16.3 Å². The highest BCUT2D eigenvalue weighted by Crippen LogP contribution is 2.25. The maximum absolute atomic E-state index is 5.66. The minimum atomic E-state index is -0.0922. The van der Waals surface area contributed by atoms with Crippen molar-refractivity contribution < 1.29 is 4.74 Å². The summed E-state index contributed by atoms with van der Waals surface area (Å²) in [5.74, 6) is 6.39. The minimum Gasteiger partial charge on any atom is -0.495 e. The second kappa shape index (κ2) is 6.65. The molecular formula is C14H16BrN3O. The Hall–Kier alpha value is -1.43. The molecule has 4 nitrogen and oxygen atoms in total. The highest BCUT2D eigenvalue weighted by molar-refractivity contribution is 9.10. The first-order chi connectivity index (χ1) is 9.24. The second-order valence-corrected chi connectivity index (χ2v) is 5.06. The molecule has 1 aromatic carbocycles. The number of methoxy groups -OCH3 is 1. The van der Waals surface area contributed by atoms with Crippen LogP contribution in [-0.2, 0) is 6.42 Å². The summed E-state index contributed by atoms with van der Waals surface area (Å²) in [6.45, 7) is 0. The van der Waals surface area contributed by atoms with Crippen molar-refractivity contribution in [2.24, 2.45) is 5.84 Å². The first kappa shape index (κ1) is 14.0. The Morgan fingerprint density at radius 3 is 2.89 bits per heavy atom. The standard InChI is InChI=1S/C14H16BrN3O/c1-19-13-6-3-7-17-14(13)12(18-16)9-10-4-2-5-11(15)8-10/h2-8,12,18H,9,16H2,1H3. The number of nitrogens with two attached hydrogens (primary N) is 1. The summed E-state index contributed by atoms with van der Waals surface area (Å²) in [7, 11) is 1.63. The lowest BCUT2D eigenvalue weighted by molar-refractivity contribution is 0.394. The van der Waals surface area contributed by atoms with Crippen LogP contribution in [0.2, 0.25) is 0 Å². The molecule has 1 unspecified atom stereocenters. The van der Waals surface area contributed by atoms with Crippen LogP contribution in [-0.4, -0.2) is 12.1 Å². The van der Waals surface area contributed by atoms with Crippen LogP contribution in [0.3, 0.4) is 0 Å². The van der Waals surface area contributed by atoms with E-state index >= 15 is 0 Å². The van der Waals surface area contributed by atoms with Crippen molar-refractivity contribution in [3.8, 4) is 5.75 Å². The SMILES string of the molecule is COc1cccnc1C(Cc1cccc(Br)c1)NN. The predicted octanol–water partition coefficient (Wildman–Crippen LogP) is 2.60. The molecule has 1 heterocycles. The molecule has 1 atom stereocenters. The number of rotatable bonds is 5. The monoisotopic (exact) mass is 321 g/mol. The molecule has 100 valence electrons. The Balaban J connectivity index is 2.25.